The van der Waals surface area contributed by atoms with E-state index in [1.54, 1.807) is 12.1 Å². The van der Waals surface area contributed by atoms with Gasteiger partial charge in [0.15, 0.2) is 5.84 Å². The standard InChI is InChI=1S/C13H20ClN3O2/c1-9(2)17(5-6-18)8-11-4-3-10(7-12(11)14)13(15)16-19/h3-4,7,9,18-19H,5-6,8H2,1-2H3,(H2,15,16). The molecule has 0 aromatic heterocycles. The Balaban J connectivity index is 2.90. The van der Waals surface area contributed by atoms with E-state index in [0.29, 0.717) is 29.7 Å². The predicted octanol–water partition coefficient (Wildman–Crippen LogP) is 1.64. The van der Waals surface area contributed by atoms with Gasteiger partial charge in [-0.15, -0.1) is 0 Å². The molecule has 0 atom stereocenters. The molecule has 0 heterocycles. The van der Waals surface area contributed by atoms with Gasteiger partial charge in [-0.05, 0) is 25.5 Å². The van der Waals surface area contributed by atoms with Gasteiger partial charge in [0.05, 0.1) is 6.61 Å². The second kappa shape index (κ2) is 7.33. The van der Waals surface area contributed by atoms with Gasteiger partial charge in [-0.1, -0.05) is 28.9 Å². The molecule has 0 aliphatic heterocycles. The van der Waals surface area contributed by atoms with Crippen molar-refractivity contribution in [3.05, 3.63) is 34.3 Å². The Morgan fingerprint density at radius 3 is 2.63 bits per heavy atom. The minimum atomic E-state index is 0.0320. The van der Waals surface area contributed by atoms with Crippen LogP contribution in [-0.4, -0.2) is 40.2 Å². The largest absolute Gasteiger partial charge is 0.409 e. The number of benzene rings is 1. The SMILES string of the molecule is CC(C)N(CCO)Cc1ccc(/C(N)=N/O)cc1Cl. The van der Waals surface area contributed by atoms with E-state index in [1.807, 2.05) is 6.07 Å². The van der Waals surface area contributed by atoms with Gasteiger partial charge < -0.3 is 16.0 Å². The number of aliphatic hydroxyl groups is 1. The lowest BCUT2D eigenvalue weighted by molar-refractivity contribution is 0.159. The number of oxime groups is 1. The van der Waals surface area contributed by atoms with Crippen LogP contribution in [0, 0.1) is 0 Å². The van der Waals surface area contributed by atoms with E-state index in [0.717, 1.165) is 5.56 Å². The predicted molar refractivity (Wildman–Crippen MR) is 76.6 cm³/mol. The highest BCUT2D eigenvalue weighted by atomic mass is 35.5. The van der Waals surface area contributed by atoms with Gasteiger partial charge in [-0.25, -0.2) is 0 Å². The highest BCUT2D eigenvalue weighted by Crippen LogP contribution is 2.20. The first-order valence-electron chi connectivity index (χ1n) is 6.10. The van der Waals surface area contributed by atoms with E-state index in [9.17, 15) is 0 Å². The normalized spacial score (nSPS) is 12.4. The Morgan fingerprint density at radius 1 is 1.47 bits per heavy atom. The third kappa shape index (κ3) is 4.38. The van der Waals surface area contributed by atoms with Crippen molar-refractivity contribution in [2.75, 3.05) is 13.2 Å². The van der Waals surface area contributed by atoms with Crippen LogP contribution in [-0.2, 0) is 6.54 Å². The van der Waals surface area contributed by atoms with Crippen molar-refractivity contribution >= 4 is 17.4 Å². The molecule has 0 saturated carbocycles. The summed E-state index contributed by atoms with van der Waals surface area (Å²) in [5.74, 6) is 0.0320. The van der Waals surface area contributed by atoms with Crippen molar-refractivity contribution in [2.45, 2.75) is 26.4 Å². The monoisotopic (exact) mass is 285 g/mol. The summed E-state index contributed by atoms with van der Waals surface area (Å²) >= 11 is 6.20. The number of nitrogens with two attached hydrogens (primary N) is 1. The maximum absolute atomic E-state index is 9.05. The minimum Gasteiger partial charge on any atom is -0.409 e. The molecule has 1 aromatic rings. The van der Waals surface area contributed by atoms with Crippen molar-refractivity contribution in [2.24, 2.45) is 10.9 Å². The number of hydrogen-bond donors (Lipinski definition) is 3. The van der Waals surface area contributed by atoms with Gasteiger partial charge in [0.1, 0.15) is 0 Å². The fourth-order valence-corrected chi connectivity index (χ4v) is 2.00. The average molecular weight is 286 g/mol. The number of halogens is 1. The number of amidine groups is 1. The van der Waals surface area contributed by atoms with Crippen LogP contribution in [0.2, 0.25) is 5.02 Å². The van der Waals surface area contributed by atoms with E-state index in [1.165, 1.54) is 0 Å². The molecule has 0 saturated heterocycles. The lowest BCUT2D eigenvalue weighted by Crippen LogP contribution is -2.33. The Hall–Kier alpha value is -1.30. The van der Waals surface area contributed by atoms with Crippen LogP contribution in [0.15, 0.2) is 23.4 Å². The number of hydrogen-bond acceptors (Lipinski definition) is 4. The summed E-state index contributed by atoms with van der Waals surface area (Å²) < 4.78 is 0. The molecule has 0 aliphatic carbocycles. The zero-order valence-electron chi connectivity index (χ0n) is 11.2. The van der Waals surface area contributed by atoms with Gasteiger partial charge in [0.25, 0.3) is 0 Å². The molecule has 6 heteroatoms. The van der Waals surface area contributed by atoms with Crippen molar-refractivity contribution < 1.29 is 10.3 Å². The van der Waals surface area contributed by atoms with Gasteiger partial charge in [-0.2, -0.15) is 0 Å². The molecule has 0 fully saturated rings. The zero-order valence-corrected chi connectivity index (χ0v) is 11.9. The first-order chi connectivity index (χ1) is 8.99. The van der Waals surface area contributed by atoms with Gasteiger partial charge in [0, 0.05) is 29.7 Å². The summed E-state index contributed by atoms with van der Waals surface area (Å²) in [7, 11) is 0. The van der Waals surface area contributed by atoms with Gasteiger partial charge >= 0.3 is 0 Å². The van der Waals surface area contributed by atoms with E-state index in [2.05, 4.69) is 23.9 Å². The van der Waals surface area contributed by atoms with Gasteiger partial charge in [-0.3, -0.25) is 4.90 Å². The molecular weight excluding hydrogens is 266 g/mol. The molecular formula is C13H20ClN3O2. The van der Waals surface area contributed by atoms with Crippen LogP contribution < -0.4 is 5.73 Å². The number of aliphatic hydroxyl groups excluding tert-OH is 1. The third-order valence-electron chi connectivity index (χ3n) is 2.95. The lowest BCUT2D eigenvalue weighted by Gasteiger charge is -2.26. The van der Waals surface area contributed by atoms with Crippen molar-refractivity contribution in [1.29, 1.82) is 0 Å². The van der Waals surface area contributed by atoms with Crippen LogP contribution in [0.4, 0.5) is 0 Å². The first kappa shape index (κ1) is 15.8. The number of rotatable bonds is 6. The molecule has 1 aromatic carbocycles. The van der Waals surface area contributed by atoms with Crippen LogP contribution in [0.3, 0.4) is 0 Å². The van der Waals surface area contributed by atoms with Crippen LogP contribution in [0.5, 0.6) is 0 Å². The second-order valence-corrected chi connectivity index (χ2v) is 4.99. The highest BCUT2D eigenvalue weighted by Gasteiger charge is 2.12. The van der Waals surface area contributed by atoms with Crippen molar-refractivity contribution in [1.82, 2.24) is 4.90 Å². The molecule has 1 rings (SSSR count). The third-order valence-corrected chi connectivity index (χ3v) is 3.30. The molecule has 5 nitrogen and oxygen atoms in total. The molecule has 0 aliphatic rings. The summed E-state index contributed by atoms with van der Waals surface area (Å²) in [4.78, 5) is 2.12. The summed E-state index contributed by atoms with van der Waals surface area (Å²) in [5.41, 5.74) is 7.03. The lowest BCUT2D eigenvalue weighted by atomic mass is 10.1. The van der Waals surface area contributed by atoms with Gasteiger partial charge in [0.2, 0.25) is 0 Å². The summed E-state index contributed by atoms with van der Waals surface area (Å²) in [6.07, 6.45) is 0. The van der Waals surface area contributed by atoms with E-state index >= 15 is 0 Å². The fourth-order valence-electron chi connectivity index (χ4n) is 1.76. The van der Waals surface area contributed by atoms with Crippen LogP contribution >= 0.6 is 11.6 Å². The maximum Gasteiger partial charge on any atom is 0.170 e. The molecule has 0 bridgehead atoms. The Bertz CT molecular complexity index is 450. The Labute approximate surface area is 118 Å². The highest BCUT2D eigenvalue weighted by molar-refractivity contribution is 6.31. The Kier molecular flexibility index (Phi) is 6.08. The quantitative estimate of drug-likeness (QED) is 0.321. The molecule has 0 radical (unpaired) electrons. The minimum absolute atomic E-state index is 0.0320. The topological polar surface area (TPSA) is 82.1 Å². The number of nitrogens with zero attached hydrogens (tertiary/aromatic N) is 2. The summed E-state index contributed by atoms with van der Waals surface area (Å²) in [5, 5.41) is 21.2. The van der Waals surface area contributed by atoms with Crippen molar-refractivity contribution in [3.63, 3.8) is 0 Å². The smallest absolute Gasteiger partial charge is 0.170 e. The zero-order chi connectivity index (χ0) is 14.4. The van der Waals surface area contributed by atoms with Crippen LogP contribution in [0.1, 0.15) is 25.0 Å². The summed E-state index contributed by atoms with van der Waals surface area (Å²) in [6, 6.07) is 5.59. The summed E-state index contributed by atoms with van der Waals surface area (Å²) in [6.45, 7) is 5.48. The van der Waals surface area contributed by atoms with E-state index < -0.39 is 0 Å². The van der Waals surface area contributed by atoms with Crippen LogP contribution in [0.25, 0.3) is 0 Å². The molecule has 4 N–H and O–H groups in total. The fraction of sp³-hybridized carbons (Fsp3) is 0.462. The maximum atomic E-state index is 9.05. The molecule has 0 unspecified atom stereocenters. The molecule has 19 heavy (non-hydrogen) atoms. The first-order valence-corrected chi connectivity index (χ1v) is 6.48. The van der Waals surface area contributed by atoms with Crippen molar-refractivity contribution in [3.8, 4) is 0 Å². The second-order valence-electron chi connectivity index (χ2n) is 4.58. The molecule has 106 valence electrons. The van der Waals surface area contributed by atoms with E-state index in [4.69, 9.17) is 27.6 Å². The Morgan fingerprint density at radius 2 is 2.16 bits per heavy atom. The molecule has 0 spiro atoms. The molecule has 0 amide bonds. The van der Waals surface area contributed by atoms with E-state index in [-0.39, 0.29) is 12.4 Å². The average Bonchev–Trinajstić information content (AvgIpc) is 2.39.